The number of aliphatic carboxylic acids is 1. The Kier molecular flexibility index (Phi) is 5.88. The molecule has 1 heterocycles. The van der Waals surface area contributed by atoms with Gasteiger partial charge in [-0.25, -0.2) is 9.48 Å². The van der Waals surface area contributed by atoms with Gasteiger partial charge in [0.15, 0.2) is 6.04 Å². The van der Waals surface area contributed by atoms with E-state index in [0.717, 1.165) is 16.9 Å². The number of rotatable bonds is 7. The zero-order valence-corrected chi connectivity index (χ0v) is 12.5. The molecule has 0 saturated carbocycles. The molecule has 1 atom stereocenters. The Morgan fingerprint density at radius 2 is 2.05 bits per heavy atom. The van der Waals surface area contributed by atoms with Gasteiger partial charge in [0.25, 0.3) is 5.56 Å². The number of aromatic nitrogens is 2. The van der Waals surface area contributed by atoms with Gasteiger partial charge in [-0.15, -0.1) is 0 Å². The first-order valence-electron chi connectivity index (χ1n) is 6.77. The van der Waals surface area contributed by atoms with Crippen molar-refractivity contribution in [2.75, 3.05) is 20.6 Å². The molecule has 0 saturated heterocycles. The molecule has 1 unspecified atom stereocenters. The zero-order chi connectivity index (χ0) is 15.3. The average Bonchev–Trinajstić information content (AvgIpc) is 2.34. The van der Waals surface area contributed by atoms with E-state index in [1.165, 1.54) is 6.07 Å². The minimum absolute atomic E-state index is 0.176. The first-order chi connectivity index (χ1) is 9.31. The lowest BCUT2D eigenvalue weighted by Crippen LogP contribution is -2.33. The fourth-order valence-electron chi connectivity index (χ4n) is 1.91. The molecule has 0 radical (unpaired) electrons. The molecule has 0 bridgehead atoms. The van der Waals surface area contributed by atoms with Crippen molar-refractivity contribution in [2.24, 2.45) is 5.92 Å². The van der Waals surface area contributed by atoms with E-state index in [1.807, 2.05) is 32.8 Å². The number of hydrogen-bond donors (Lipinski definition) is 1. The lowest BCUT2D eigenvalue weighted by atomic mass is 10.0. The molecule has 0 fully saturated rings. The molecule has 6 nitrogen and oxygen atoms in total. The summed E-state index contributed by atoms with van der Waals surface area (Å²) in [6, 6.07) is 2.16. The van der Waals surface area contributed by atoms with Gasteiger partial charge in [-0.3, -0.25) is 4.79 Å². The maximum atomic E-state index is 11.9. The van der Waals surface area contributed by atoms with Crippen molar-refractivity contribution in [3.63, 3.8) is 0 Å². The molecular weight excluding hydrogens is 258 g/mol. The average molecular weight is 281 g/mol. The van der Waals surface area contributed by atoms with Crippen LogP contribution >= 0.6 is 0 Å². The van der Waals surface area contributed by atoms with Crippen molar-refractivity contribution in [2.45, 2.75) is 32.7 Å². The van der Waals surface area contributed by atoms with Gasteiger partial charge in [0, 0.05) is 19.0 Å². The fraction of sp³-hybridized carbons (Fsp3) is 0.643. The summed E-state index contributed by atoms with van der Waals surface area (Å²) < 4.78 is 1.10. The van der Waals surface area contributed by atoms with E-state index in [0.29, 0.717) is 12.8 Å². The quantitative estimate of drug-likeness (QED) is 0.807. The van der Waals surface area contributed by atoms with Gasteiger partial charge in [0.05, 0.1) is 5.69 Å². The van der Waals surface area contributed by atoms with Gasteiger partial charge in [-0.2, -0.15) is 5.10 Å². The second-order valence-electron chi connectivity index (χ2n) is 5.64. The third kappa shape index (κ3) is 4.77. The summed E-state index contributed by atoms with van der Waals surface area (Å²) in [5.74, 6) is -0.840. The number of likely N-dealkylation sites (N-methyl/N-ethyl adjacent to an activating group) is 1. The highest BCUT2D eigenvalue weighted by molar-refractivity contribution is 5.71. The van der Waals surface area contributed by atoms with Gasteiger partial charge in [-0.05, 0) is 32.5 Å². The second-order valence-corrected chi connectivity index (χ2v) is 5.64. The van der Waals surface area contributed by atoms with E-state index < -0.39 is 12.0 Å². The van der Waals surface area contributed by atoms with Gasteiger partial charge in [0.1, 0.15) is 0 Å². The summed E-state index contributed by atoms with van der Waals surface area (Å²) in [5, 5.41) is 13.5. The maximum Gasteiger partial charge on any atom is 0.328 e. The Morgan fingerprint density at radius 3 is 2.55 bits per heavy atom. The summed E-state index contributed by atoms with van der Waals surface area (Å²) in [7, 11) is 3.91. The molecule has 0 amide bonds. The Morgan fingerprint density at radius 1 is 1.40 bits per heavy atom. The summed E-state index contributed by atoms with van der Waals surface area (Å²) in [5.41, 5.74) is 0.361. The van der Waals surface area contributed by atoms with Crippen molar-refractivity contribution >= 4 is 5.97 Å². The predicted molar refractivity (Wildman–Crippen MR) is 76.9 cm³/mol. The Labute approximate surface area is 119 Å². The van der Waals surface area contributed by atoms with Crippen molar-refractivity contribution in [3.8, 4) is 0 Å². The molecule has 6 heteroatoms. The van der Waals surface area contributed by atoms with Crippen LogP contribution in [-0.2, 0) is 11.2 Å². The highest BCUT2D eigenvalue weighted by Crippen LogP contribution is 2.15. The van der Waals surface area contributed by atoms with Gasteiger partial charge < -0.3 is 10.0 Å². The first kappa shape index (κ1) is 16.4. The predicted octanol–water partition coefficient (Wildman–Crippen LogP) is 1.02. The van der Waals surface area contributed by atoms with Crippen molar-refractivity contribution in [1.82, 2.24) is 14.7 Å². The van der Waals surface area contributed by atoms with Gasteiger partial charge in [-0.1, -0.05) is 13.8 Å². The minimum Gasteiger partial charge on any atom is -0.480 e. The van der Waals surface area contributed by atoms with Gasteiger partial charge in [0.2, 0.25) is 0 Å². The van der Waals surface area contributed by atoms with Crippen LogP contribution in [0, 0.1) is 5.92 Å². The Hall–Kier alpha value is -1.69. The van der Waals surface area contributed by atoms with Gasteiger partial charge >= 0.3 is 5.97 Å². The van der Waals surface area contributed by atoms with Crippen molar-refractivity contribution in [3.05, 3.63) is 28.2 Å². The molecule has 1 aromatic rings. The van der Waals surface area contributed by atoms with Crippen LogP contribution in [-0.4, -0.2) is 46.4 Å². The van der Waals surface area contributed by atoms with E-state index in [-0.39, 0.29) is 11.5 Å². The van der Waals surface area contributed by atoms with Crippen LogP contribution in [0.25, 0.3) is 0 Å². The van der Waals surface area contributed by atoms with Crippen molar-refractivity contribution in [1.29, 1.82) is 0 Å². The van der Waals surface area contributed by atoms with Crippen LogP contribution < -0.4 is 5.56 Å². The zero-order valence-electron chi connectivity index (χ0n) is 12.5. The standard InChI is InChI=1S/C14H23N3O3/c1-10(2)9-12(14(19)20)17-13(18)6-5-11(15-17)7-8-16(3)4/h5-6,10,12H,7-9H2,1-4H3,(H,19,20). The van der Waals surface area contributed by atoms with Crippen LogP contribution in [0.4, 0.5) is 0 Å². The van der Waals surface area contributed by atoms with Crippen LogP contribution in [0.3, 0.4) is 0 Å². The lowest BCUT2D eigenvalue weighted by molar-refractivity contribution is -0.141. The van der Waals surface area contributed by atoms with E-state index >= 15 is 0 Å². The fourth-order valence-corrected chi connectivity index (χ4v) is 1.91. The van der Waals surface area contributed by atoms with E-state index in [1.54, 1.807) is 6.07 Å². The minimum atomic E-state index is -1.02. The monoisotopic (exact) mass is 281 g/mol. The van der Waals surface area contributed by atoms with E-state index in [2.05, 4.69) is 5.10 Å². The molecule has 0 aromatic carbocycles. The topological polar surface area (TPSA) is 75.4 Å². The molecule has 1 N–H and O–H groups in total. The van der Waals surface area contributed by atoms with Crippen LogP contribution in [0.2, 0.25) is 0 Å². The largest absolute Gasteiger partial charge is 0.480 e. The van der Waals surface area contributed by atoms with E-state index in [4.69, 9.17) is 0 Å². The molecule has 0 aliphatic rings. The maximum absolute atomic E-state index is 11.9. The molecule has 20 heavy (non-hydrogen) atoms. The highest BCUT2D eigenvalue weighted by Gasteiger charge is 2.23. The number of carboxylic acids is 1. The molecule has 0 spiro atoms. The third-order valence-corrected chi connectivity index (χ3v) is 2.97. The number of hydrogen-bond acceptors (Lipinski definition) is 4. The highest BCUT2D eigenvalue weighted by atomic mass is 16.4. The van der Waals surface area contributed by atoms with Crippen molar-refractivity contribution < 1.29 is 9.90 Å². The first-order valence-corrected chi connectivity index (χ1v) is 6.77. The number of nitrogens with zero attached hydrogens (tertiary/aromatic N) is 3. The Balaban J connectivity index is 3.04. The molecule has 0 aliphatic heterocycles. The third-order valence-electron chi connectivity index (χ3n) is 2.97. The van der Waals surface area contributed by atoms with E-state index in [9.17, 15) is 14.7 Å². The summed E-state index contributed by atoms with van der Waals surface area (Å²) in [4.78, 5) is 25.2. The van der Waals surface area contributed by atoms with Crippen LogP contribution in [0.5, 0.6) is 0 Å². The smallest absolute Gasteiger partial charge is 0.328 e. The lowest BCUT2D eigenvalue weighted by Gasteiger charge is -2.17. The number of carbonyl (C=O) groups is 1. The van der Waals surface area contributed by atoms with Crippen LogP contribution in [0.15, 0.2) is 16.9 Å². The normalized spacial score (nSPS) is 12.9. The second kappa shape index (κ2) is 7.19. The molecular formula is C14H23N3O3. The summed E-state index contributed by atoms with van der Waals surface area (Å²) in [6.07, 6.45) is 1.07. The Bertz CT molecular complexity index is 509. The summed E-state index contributed by atoms with van der Waals surface area (Å²) in [6.45, 7) is 4.65. The molecule has 112 valence electrons. The molecule has 1 aromatic heterocycles. The molecule has 1 rings (SSSR count). The van der Waals surface area contributed by atoms with Crippen LogP contribution in [0.1, 0.15) is 32.0 Å². The SMILES string of the molecule is CC(C)CC(C(=O)O)n1nc(CCN(C)C)ccc1=O. The number of carboxylic acid groups (broad SMARTS) is 1. The molecule has 0 aliphatic carbocycles. The summed E-state index contributed by atoms with van der Waals surface area (Å²) >= 11 is 0.